The van der Waals surface area contributed by atoms with E-state index in [9.17, 15) is 14.9 Å². The number of amides is 3. The Morgan fingerprint density at radius 2 is 1.92 bits per heavy atom. The molecule has 0 radical (unpaired) electrons. The Morgan fingerprint density at radius 1 is 1.24 bits per heavy atom. The highest BCUT2D eigenvalue weighted by atomic mass is 16.5. The van der Waals surface area contributed by atoms with Gasteiger partial charge < -0.3 is 26.0 Å². The molecular formula is C17H31N5O3. The molecule has 142 valence electrons. The van der Waals surface area contributed by atoms with E-state index in [1.165, 1.54) is 0 Å². The van der Waals surface area contributed by atoms with Gasteiger partial charge in [-0.1, -0.05) is 13.8 Å². The summed E-state index contributed by atoms with van der Waals surface area (Å²) in [6, 6.07) is 0.628. The first-order chi connectivity index (χ1) is 12.0. The van der Waals surface area contributed by atoms with Crippen LogP contribution in [0.5, 0.6) is 0 Å². The third kappa shape index (κ3) is 8.18. The molecule has 8 nitrogen and oxygen atoms in total. The maximum absolute atomic E-state index is 12.6. The monoisotopic (exact) mass is 353 g/mol. The van der Waals surface area contributed by atoms with E-state index < -0.39 is 12.1 Å². The molecule has 0 bridgehead atoms. The molecule has 0 saturated carbocycles. The molecule has 0 unspecified atom stereocenters. The Kier molecular flexibility index (Phi) is 9.88. The van der Waals surface area contributed by atoms with E-state index in [0.717, 1.165) is 12.8 Å². The van der Waals surface area contributed by atoms with Gasteiger partial charge in [-0.05, 0) is 38.1 Å². The molecule has 1 rings (SSSR count). The van der Waals surface area contributed by atoms with Gasteiger partial charge in [0.25, 0.3) is 0 Å². The number of urea groups is 1. The Bertz CT molecular complexity index is 458. The highest BCUT2D eigenvalue weighted by Crippen LogP contribution is 2.08. The van der Waals surface area contributed by atoms with Gasteiger partial charge in [-0.25, -0.2) is 4.79 Å². The average molecular weight is 353 g/mol. The summed E-state index contributed by atoms with van der Waals surface area (Å²) in [4.78, 5) is 26.6. The van der Waals surface area contributed by atoms with E-state index in [0.29, 0.717) is 45.7 Å². The maximum atomic E-state index is 12.6. The Balaban J connectivity index is 2.61. The van der Waals surface area contributed by atoms with E-state index >= 15 is 0 Å². The van der Waals surface area contributed by atoms with E-state index in [-0.39, 0.29) is 17.9 Å². The highest BCUT2D eigenvalue weighted by molar-refractivity contribution is 5.87. The number of nitrogens with zero attached hydrogens (tertiary/aromatic N) is 2. The molecule has 1 saturated heterocycles. The minimum atomic E-state index is -0.652. The molecule has 1 aliphatic heterocycles. The second-order valence-corrected chi connectivity index (χ2v) is 6.71. The number of nitriles is 1. The summed E-state index contributed by atoms with van der Waals surface area (Å²) in [6.07, 6.45) is 2.68. The Morgan fingerprint density at radius 3 is 2.48 bits per heavy atom. The number of nitrogens with one attached hydrogen (secondary N) is 2. The van der Waals surface area contributed by atoms with Gasteiger partial charge in [0.15, 0.2) is 0 Å². The number of ether oxygens (including phenoxy) is 1. The number of carbonyl (C=O) groups is 2. The summed E-state index contributed by atoms with van der Waals surface area (Å²) in [6.45, 7) is 6.59. The first-order valence-electron chi connectivity index (χ1n) is 9.01. The first kappa shape index (κ1) is 21.2. The van der Waals surface area contributed by atoms with Crippen LogP contribution in [0, 0.1) is 17.2 Å². The molecule has 0 aliphatic carbocycles. The molecule has 0 aromatic rings. The van der Waals surface area contributed by atoms with Crippen LogP contribution in [0.15, 0.2) is 0 Å². The van der Waals surface area contributed by atoms with Crippen LogP contribution in [0.25, 0.3) is 0 Å². The topological polar surface area (TPSA) is 120 Å². The van der Waals surface area contributed by atoms with E-state index in [4.69, 9.17) is 10.5 Å². The quantitative estimate of drug-likeness (QED) is 0.524. The van der Waals surface area contributed by atoms with Crippen molar-refractivity contribution in [2.45, 2.75) is 51.6 Å². The summed E-state index contributed by atoms with van der Waals surface area (Å²) >= 11 is 0. The lowest BCUT2D eigenvalue weighted by molar-refractivity contribution is -0.123. The predicted molar refractivity (Wildman–Crippen MR) is 94.6 cm³/mol. The predicted octanol–water partition coefficient (Wildman–Crippen LogP) is 0.580. The molecule has 1 fully saturated rings. The number of hydrogen-bond donors (Lipinski definition) is 3. The van der Waals surface area contributed by atoms with Gasteiger partial charge in [0.05, 0.1) is 19.3 Å². The fourth-order valence-corrected chi connectivity index (χ4v) is 2.64. The van der Waals surface area contributed by atoms with Crippen molar-refractivity contribution in [3.05, 3.63) is 0 Å². The maximum Gasteiger partial charge on any atom is 0.318 e. The Labute approximate surface area is 150 Å². The third-order valence-electron chi connectivity index (χ3n) is 4.04. The molecule has 0 spiro atoms. The molecule has 0 aromatic carbocycles. The van der Waals surface area contributed by atoms with Crippen LogP contribution in [0.1, 0.15) is 39.5 Å². The smallest absolute Gasteiger partial charge is 0.318 e. The minimum absolute atomic E-state index is 0.235. The summed E-state index contributed by atoms with van der Waals surface area (Å²) in [7, 11) is 0. The van der Waals surface area contributed by atoms with Gasteiger partial charge in [-0.2, -0.15) is 5.26 Å². The SMILES string of the molecule is CC(C)C[C@H](NC(=O)N1CCOCC1)C(=O)N[C@H](C#N)CCCCN. The number of carbonyl (C=O) groups excluding carboxylic acids is 2. The van der Waals surface area contributed by atoms with Crippen LogP contribution in [-0.2, 0) is 9.53 Å². The lowest BCUT2D eigenvalue weighted by Crippen LogP contribution is -2.54. The van der Waals surface area contributed by atoms with Crippen molar-refractivity contribution in [1.82, 2.24) is 15.5 Å². The van der Waals surface area contributed by atoms with Crippen molar-refractivity contribution in [3.63, 3.8) is 0 Å². The van der Waals surface area contributed by atoms with Gasteiger partial charge >= 0.3 is 6.03 Å². The van der Waals surface area contributed by atoms with Crippen molar-refractivity contribution in [2.24, 2.45) is 11.7 Å². The number of nitrogens with two attached hydrogens (primary N) is 1. The number of morpholine rings is 1. The van der Waals surface area contributed by atoms with Gasteiger partial charge in [0, 0.05) is 13.1 Å². The zero-order chi connectivity index (χ0) is 18.7. The number of unbranched alkanes of at least 4 members (excludes halogenated alkanes) is 1. The van der Waals surface area contributed by atoms with Gasteiger partial charge in [-0.3, -0.25) is 4.79 Å². The molecule has 8 heteroatoms. The van der Waals surface area contributed by atoms with Gasteiger partial charge in [-0.15, -0.1) is 0 Å². The van der Waals surface area contributed by atoms with Crippen LogP contribution >= 0.6 is 0 Å². The molecule has 3 amide bonds. The van der Waals surface area contributed by atoms with Gasteiger partial charge in [0.2, 0.25) is 5.91 Å². The summed E-state index contributed by atoms with van der Waals surface area (Å²) in [5, 5.41) is 14.8. The molecule has 2 atom stereocenters. The molecule has 0 aromatic heterocycles. The average Bonchev–Trinajstić information content (AvgIpc) is 2.60. The lowest BCUT2D eigenvalue weighted by atomic mass is 10.0. The standard InChI is InChI=1S/C17H31N5O3/c1-13(2)11-15(21-17(24)22-7-9-25-10-8-22)16(23)20-14(12-19)5-3-4-6-18/h13-15H,3-11,18H2,1-2H3,(H,20,23)(H,21,24)/t14-,15-/m0/s1. The zero-order valence-corrected chi connectivity index (χ0v) is 15.3. The van der Waals surface area contributed by atoms with Crippen molar-refractivity contribution < 1.29 is 14.3 Å². The van der Waals surface area contributed by atoms with Crippen LogP contribution in [0.4, 0.5) is 4.79 Å². The summed E-state index contributed by atoms with van der Waals surface area (Å²) < 4.78 is 5.23. The molecule has 1 aliphatic rings. The fourth-order valence-electron chi connectivity index (χ4n) is 2.64. The van der Waals surface area contributed by atoms with Crippen molar-refractivity contribution in [2.75, 3.05) is 32.8 Å². The first-order valence-corrected chi connectivity index (χ1v) is 9.01. The number of rotatable bonds is 9. The van der Waals surface area contributed by atoms with Crippen molar-refractivity contribution >= 4 is 11.9 Å². The second kappa shape index (κ2) is 11.7. The highest BCUT2D eigenvalue weighted by Gasteiger charge is 2.26. The molecular weight excluding hydrogens is 322 g/mol. The van der Waals surface area contributed by atoms with Crippen molar-refractivity contribution in [1.29, 1.82) is 5.26 Å². The third-order valence-corrected chi connectivity index (χ3v) is 4.04. The minimum Gasteiger partial charge on any atom is -0.378 e. The van der Waals surface area contributed by atoms with Crippen LogP contribution in [0.3, 0.4) is 0 Å². The summed E-state index contributed by atoms with van der Waals surface area (Å²) in [5.74, 6) is -0.0758. The fraction of sp³-hybridized carbons (Fsp3) is 0.824. The van der Waals surface area contributed by atoms with Crippen molar-refractivity contribution in [3.8, 4) is 6.07 Å². The van der Waals surface area contributed by atoms with Gasteiger partial charge in [0.1, 0.15) is 12.1 Å². The molecule has 4 N–H and O–H groups in total. The summed E-state index contributed by atoms with van der Waals surface area (Å²) in [5.41, 5.74) is 5.45. The zero-order valence-electron chi connectivity index (χ0n) is 15.3. The lowest BCUT2D eigenvalue weighted by Gasteiger charge is -2.29. The molecule has 1 heterocycles. The van der Waals surface area contributed by atoms with E-state index in [1.807, 2.05) is 13.8 Å². The normalized spacial score (nSPS) is 16.8. The Hall–Kier alpha value is -1.85. The van der Waals surface area contributed by atoms with E-state index in [1.54, 1.807) is 4.90 Å². The number of hydrogen-bond acceptors (Lipinski definition) is 5. The van der Waals surface area contributed by atoms with Crippen LogP contribution in [0.2, 0.25) is 0 Å². The van der Waals surface area contributed by atoms with Crippen LogP contribution in [-0.4, -0.2) is 61.8 Å². The second-order valence-electron chi connectivity index (χ2n) is 6.71. The van der Waals surface area contributed by atoms with E-state index in [2.05, 4.69) is 16.7 Å². The largest absolute Gasteiger partial charge is 0.378 e. The molecule has 25 heavy (non-hydrogen) atoms. The van der Waals surface area contributed by atoms with Crippen LogP contribution < -0.4 is 16.4 Å².